The molecule has 3 rings (SSSR count). The van der Waals surface area contributed by atoms with Crippen LogP contribution in [0, 0.1) is 5.82 Å². The van der Waals surface area contributed by atoms with Gasteiger partial charge in [0.15, 0.2) is 0 Å². The standard InChI is InChI=1S/C19H22FN3O3/c1-21-17-16(7-4-9-22-17)18(24)23-10-8-19(12-23,25-2)13-26-15-6-3-5-14(20)11-15/h3-7,9,11H,8,10,12-13H2,1-2H3,(H,21,22)/t19-/m1/s1. The summed E-state index contributed by atoms with van der Waals surface area (Å²) in [6.07, 6.45) is 2.28. The van der Waals surface area contributed by atoms with Crippen LogP contribution in [-0.4, -0.2) is 55.2 Å². The number of likely N-dealkylation sites (tertiary alicyclic amines) is 1. The average molecular weight is 359 g/mol. The minimum absolute atomic E-state index is 0.105. The highest BCUT2D eigenvalue weighted by molar-refractivity contribution is 5.98. The number of benzene rings is 1. The monoisotopic (exact) mass is 359 g/mol. The number of ether oxygens (including phenoxy) is 2. The van der Waals surface area contributed by atoms with Crippen molar-refractivity contribution in [3.8, 4) is 5.75 Å². The Labute approximate surface area is 151 Å². The maximum absolute atomic E-state index is 13.3. The number of anilines is 1. The van der Waals surface area contributed by atoms with Crippen LogP contribution in [0.2, 0.25) is 0 Å². The van der Waals surface area contributed by atoms with Crippen LogP contribution in [0.1, 0.15) is 16.8 Å². The number of nitrogens with one attached hydrogen (secondary N) is 1. The second kappa shape index (κ2) is 7.70. The molecule has 2 aromatic rings. The molecule has 2 heterocycles. The van der Waals surface area contributed by atoms with E-state index in [2.05, 4.69) is 10.3 Å². The van der Waals surface area contributed by atoms with Crippen LogP contribution in [0.3, 0.4) is 0 Å². The molecule has 6 nitrogen and oxygen atoms in total. The fraction of sp³-hybridized carbons (Fsp3) is 0.368. The molecule has 0 bridgehead atoms. The number of pyridine rings is 1. The van der Waals surface area contributed by atoms with Crippen molar-refractivity contribution < 1.29 is 18.7 Å². The van der Waals surface area contributed by atoms with E-state index in [1.54, 1.807) is 49.5 Å². The molecule has 0 spiro atoms. The van der Waals surface area contributed by atoms with Gasteiger partial charge in [-0.2, -0.15) is 0 Å². The van der Waals surface area contributed by atoms with Gasteiger partial charge in [0.1, 0.15) is 29.6 Å². The Bertz CT molecular complexity index is 786. The van der Waals surface area contributed by atoms with Gasteiger partial charge < -0.3 is 19.7 Å². The Kier molecular flexibility index (Phi) is 5.37. The van der Waals surface area contributed by atoms with Gasteiger partial charge in [-0.1, -0.05) is 6.07 Å². The minimum atomic E-state index is -0.621. The van der Waals surface area contributed by atoms with Crippen molar-refractivity contribution in [2.24, 2.45) is 0 Å². The summed E-state index contributed by atoms with van der Waals surface area (Å²) >= 11 is 0. The molecule has 26 heavy (non-hydrogen) atoms. The lowest BCUT2D eigenvalue weighted by Crippen LogP contribution is -2.42. The van der Waals surface area contributed by atoms with Gasteiger partial charge >= 0.3 is 0 Å². The first-order chi connectivity index (χ1) is 12.6. The summed E-state index contributed by atoms with van der Waals surface area (Å²) in [6.45, 7) is 1.19. The van der Waals surface area contributed by atoms with Crippen LogP contribution in [-0.2, 0) is 4.74 Å². The van der Waals surface area contributed by atoms with E-state index in [9.17, 15) is 9.18 Å². The summed E-state index contributed by atoms with van der Waals surface area (Å²) in [7, 11) is 3.33. The molecular weight excluding hydrogens is 337 g/mol. The Morgan fingerprint density at radius 2 is 2.23 bits per heavy atom. The number of methoxy groups -OCH3 is 1. The van der Waals surface area contributed by atoms with E-state index < -0.39 is 5.60 Å². The van der Waals surface area contributed by atoms with E-state index in [4.69, 9.17) is 9.47 Å². The topological polar surface area (TPSA) is 63.7 Å². The van der Waals surface area contributed by atoms with Crippen molar-refractivity contribution in [3.63, 3.8) is 0 Å². The lowest BCUT2D eigenvalue weighted by molar-refractivity contribution is -0.0343. The van der Waals surface area contributed by atoms with E-state index in [-0.39, 0.29) is 18.3 Å². The fourth-order valence-electron chi connectivity index (χ4n) is 3.08. The number of hydrogen-bond donors (Lipinski definition) is 1. The summed E-state index contributed by atoms with van der Waals surface area (Å²) in [5.74, 6) is 0.528. The predicted molar refractivity (Wildman–Crippen MR) is 95.9 cm³/mol. The summed E-state index contributed by atoms with van der Waals surface area (Å²) in [6, 6.07) is 9.46. The number of halogens is 1. The van der Waals surface area contributed by atoms with Crippen molar-refractivity contribution in [2.75, 3.05) is 39.2 Å². The molecule has 0 radical (unpaired) electrons. The van der Waals surface area contributed by atoms with E-state index in [1.807, 2.05) is 0 Å². The van der Waals surface area contributed by atoms with Crippen molar-refractivity contribution >= 4 is 11.7 Å². The van der Waals surface area contributed by atoms with Gasteiger partial charge in [0.25, 0.3) is 5.91 Å². The predicted octanol–water partition coefficient (Wildman–Crippen LogP) is 2.57. The molecule has 0 unspecified atom stereocenters. The average Bonchev–Trinajstić information content (AvgIpc) is 3.11. The third-order valence-electron chi connectivity index (χ3n) is 4.61. The van der Waals surface area contributed by atoms with Gasteiger partial charge in [-0.3, -0.25) is 4.79 Å². The second-order valence-corrected chi connectivity index (χ2v) is 6.26. The SMILES string of the molecule is CNc1ncccc1C(=O)N1CC[C@@](COc2cccc(F)c2)(OC)C1. The minimum Gasteiger partial charge on any atom is -0.490 e. The zero-order chi connectivity index (χ0) is 18.6. The second-order valence-electron chi connectivity index (χ2n) is 6.26. The van der Waals surface area contributed by atoms with Crippen LogP contribution in [0.5, 0.6) is 5.75 Å². The van der Waals surface area contributed by atoms with E-state index >= 15 is 0 Å². The Morgan fingerprint density at radius 3 is 2.96 bits per heavy atom. The van der Waals surface area contributed by atoms with Gasteiger partial charge in [0, 0.05) is 33.0 Å². The van der Waals surface area contributed by atoms with Crippen LogP contribution in [0.25, 0.3) is 0 Å². The molecule has 0 saturated carbocycles. The summed E-state index contributed by atoms with van der Waals surface area (Å²) in [5.41, 5.74) is -0.0998. The van der Waals surface area contributed by atoms with Crippen LogP contribution >= 0.6 is 0 Å². The fourth-order valence-corrected chi connectivity index (χ4v) is 3.08. The molecule has 0 aliphatic carbocycles. The van der Waals surface area contributed by atoms with Crippen LogP contribution in [0.15, 0.2) is 42.6 Å². The molecule has 1 atom stereocenters. The van der Waals surface area contributed by atoms with Gasteiger partial charge in [-0.05, 0) is 30.7 Å². The molecule has 1 saturated heterocycles. The highest BCUT2D eigenvalue weighted by atomic mass is 19.1. The van der Waals surface area contributed by atoms with Gasteiger partial charge in [-0.25, -0.2) is 9.37 Å². The molecule has 1 aromatic heterocycles. The highest BCUT2D eigenvalue weighted by Crippen LogP contribution is 2.28. The maximum atomic E-state index is 13.3. The van der Waals surface area contributed by atoms with Gasteiger partial charge in [0.2, 0.25) is 0 Å². The van der Waals surface area contributed by atoms with E-state index in [0.717, 1.165) is 0 Å². The van der Waals surface area contributed by atoms with Crippen molar-refractivity contribution in [3.05, 3.63) is 54.0 Å². The molecule has 7 heteroatoms. The largest absolute Gasteiger partial charge is 0.490 e. The quantitative estimate of drug-likeness (QED) is 0.859. The molecule has 1 aliphatic heterocycles. The Balaban J connectivity index is 1.69. The van der Waals surface area contributed by atoms with E-state index in [0.29, 0.717) is 36.6 Å². The molecule has 1 aliphatic rings. The normalized spacial score (nSPS) is 19.4. The number of nitrogens with zero attached hydrogens (tertiary/aromatic N) is 2. The Morgan fingerprint density at radius 1 is 1.38 bits per heavy atom. The lowest BCUT2D eigenvalue weighted by atomic mass is 10.0. The molecule has 1 amide bonds. The number of amides is 1. The van der Waals surface area contributed by atoms with E-state index in [1.165, 1.54) is 12.1 Å². The molecule has 1 aromatic carbocycles. The molecule has 1 N–H and O–H groups in total. The highest BCUT2D eigenvalue weighted by Gasteiger charge is 2.41. The molecule has 138 valence electrons. The number of carbonyl (C=O) groups excluding carboxylic acids is 1. The number of carbonyl (C=O) groups is 1. The first kappa shape index (κ1) is 18.1. The third-order valence-corrected chi connectivity index (χ3v) is 4.61. The smallest absolute Gasteiger partial charge is 0.257 e. The van der Waals surface area contributed by atoms with Crippen molar-refractivity contribution in [1.29, 1.82) is 0 Å². The molecule has 1 fully saturated rings. The van der Waals surface area contributed by atoms with Crippen LogP contribution in [0.4, 0.5) is 10.2 Å². The maximum Gasteiger partial charge on any atom is 0.257 e. The Hall–Kier alpha value is -2.67. The summed E-state index contributed by atoms with van der Waals surface area (Å²) < 4.78 is 24.7. The zero-order valence-electron chi connectivity index (χ0n) is 14.9. The zero-order valence-corrected chi connectivity index (χ0v) is 14.9. The van der Waals surface area contributed by atoms with Gasteiger partial charge in [0.05, 0.1) is 12.1 Å². The van der Waals surface area contributed by atoms with Gasteiger partial charge in [-0.15, -0.1) is 0 Å². The molecular formula is C19H22FN3O3. The first-order valence-electron chi connectivity index (χ1n) is 8.42. The number of aromatic nitrogens is 1. The number of rotatable bonds is 6. The summed E-state index contributed by atoms with van der Waals surface area (Å²) in [5, 5.41) is 2.94. The van der Waals surface area contributed by atoms with Crippen LogP contribution < -0.4 is 10.1 Å². The third kappa shape index (κ3) is 3.77. The van der Waals surface area contributed by atoms with Crippen molar-refractivity contribution in [1.82, 2.24) is 9.88 Å². The lowest BCUT2D eigenvalue weighted by Gasteiger charge is -2.28. The number of hydrogen-bond acceptors (Lipinski definition) is 5. The first-order valence-corrected chi connectivity index (χ1v) is 8.42. The van der Waals surface area contributed by atoms with Crippen molar-refractivity contribution in [2.45, 2.75) is 12.0 Å². The summed E-state index contributed by atoms with van der Waals surface area (Å²) in [4.78, 5) is 18.8.